The minimum absolute atomic E-state index is 0.0606. The zero-order chi connectivity index (χ0) is 23.4. The van der Waals surface area contributed by atoms with E-state index in [1.165, 1.54) is 16.1 Å². The molecule has 3 aromatic rings. The van der Waals surface area contributed by atoms with Crippen LogP contribution in [0.1, 0.15) is 18.5 Å². The molecule has 1 atom stereocenters. The number of thioether (sulfide) groups is 1. The number of sulfonamides is 1. The van der Waals surface area contributed by atoms with Crippen LogP contribution in [-0.2, 0) is 19.6 Å². The summed E-state index contributed by atoms with van der Waals surface area (Å²) >= 11 is 1.20. The Kier molecular flexibility index (Phi) is 7.13. The average molecular weight is 488 g/mol. The van der Waals surface area contributed by atoms with Crippen LogP contribution >= 0.6 is 11.8 Å². The Morgan fingerprint density at radius 3 is 2.55 bits per heavy atom. The maximum Gasteiger partial charge on any atom is 0.243 e. The summed E-state index contributed by atoms with van der Waals surface area (Å²) < 4.78 is 35.0. The van der Waals surface area contributed by atoms with E-state index in [9.17, 15) is 13.2 Å². The molecule has 0 aliphatic carbocycles. The van der Waals surface area contributed by atoms with Gasteiger partial charge in [0.15, 0.2) is 11.0 Å². The fraction of sp³-hybridized carbons (Fsp3) is 0.318. The van der Waals surface area contributed by atoms with E-state index in [0.717, 1.165) is 5.56 Å². The molecule has 0 bridgehead atoms. The van der Waals surface area contributed by atoms with Crippen molar-refractivity contribution in [1.29, 1.82) is 0 Å². The average Bonchev–Trinajstić information content (AvgIpc) is 3.27. The van der Waals surface area contributed by atoms with Gasteiger partial charge < -0.3 is 10.5 Å². The number of carbonyl (C=O) groups excluding carboxylic acids is 1. The van der Waals surface area contributed by atoms with E-state index in [-0.39, 0.29) is 16.7 Å². The molecule has 1 aliphatic rings. The molecule has 11 heteroatoms. The third kappa shape index (κ3) is 5.11. The highest BCUT2D eigenvalue weighted by atomic mass is 32.2. The van der Waals surface area contributed by atoms with Gasteiger partial charge in [-0.3, -0.25) is 9.36 Å². The summed E-state index contributed by atoms with van der Waals surface area (Å²) in [7, 11) is -3.66. The van der Waals surface area contributed by atoms with Crippen LogP contribution in [0.5, 0.6) is 0 Å². The van der Waals surface area contributed by atoms with Crippen molar-refractivity contribution in [2.24, 2.45) is 5.73 Å². The molecule has 1 aliphatic heterocycles. The van der Waals surface area contributed by atoms with Gasteiger partial charge in [0, 0.05) is 18.7 Å². The largest absolute Gasteiger partial charge is 0.379 e. The monoisotopic (exact) mass is 487 g/mol. The zero-order valence-corrected chi connectivity index (χ0v) is 19.8. The molecule has 2 aromatic carbocycles. The minimum atomic E-state index is -3.66. The fourth-order valence-electron chi connectivity index (χ4n) is 3.67. The van der Waals surface area contributed by atoms with Gasteiger partial charge in [-0.25, -0.2) is 8.42 Å². The van der Waals surface area contributed by atoms with Crippen molar-refractivity contribution >= 4 is 27.7 Å². The van der Waals surface area contributed by atoms with Gasteiger partial charge in [0.2, 0.25) is 15.9 Å². The predicted octanol–water partition coefficient (Wildman–Crippen LogP) is 2.15. The maximum absolute atomic E-state index is 13.2. The molecule has 4 rings (SSSR count). The Labute approximate surface area is 197 Å². The van der Waals surface area contributed by atoms with E-state index in [4.69, 9.17) is 10.5 Å². The summed E-state index contributed by atoms with van der Waals surface area (Å²) in [6.07, 6.45) is 0. The van der Waals surface area contributed by atoms with Gasteiger partial charge in [-0.05, 0) is 24.6 Å². The second-order valence-corrected chi connectivity index (χ2v) is 10.4. The fourth-order valence-corrected chi connectivity index (χ4v) is 5.88. The summed E-state index contributed by atoms with van der Waals surface area (Å²) in [4.78, 5) is 11.6. The van der Waals surface area contributed by atoms with E-state index >= 15 is 0 Å². The van der Waals surface area contributed by atoms with Gasteiger partial charge >= 0.3 is 0 Å². The van der Waals surface area contributed by atoms with Gasteiger partial charge in [0.1, 0.15) is 0 Å². The number of rotatable bonds is 8. The Hall–Kier alpha value is -2.73. The molecule has 1 amide bonds. The van der Waals surface area contributed by atoms with Crippen LogP contribution in [0.2, 0.25) is 0 Å². The first kappa shape index (κ1) is 23.4. The number of morpholine rings is 1. The van der Waals surface area contributed by atoms with Crippen molar-refractivity contribution in [1.82, 2.24) is 19.1 Å². The second-order valence-electron chi connectivity index (χ2n) is 7.56. The summed E-state index contributed by atoms with van der Waals surface area (Å²) in [5.41, 5.74) is 6.98. The molecule has 2 N–H and O–H groups in total. The van der Waals surface area contributed by atoms with Crippen molar-refractivity contribution in [2.45, 2.75) is 23.0 Å². The smallest absolute Gasteiger partial charge is 0.243 e. The number of nitrogens with zero attached hydrogens (tertiary/aromatic N) is 4. The normalized spacial score (nSPS) is 15.9. The summed E-state index contributed by atoms with van der Waals surface area (Å²) in [6.45, 7) is 3.40. The van der Waals surface area contributed by atoms with Crippen molar-refractivity contribution < 1.29 is 17.9 Å². The number of aromatic nitrogens is 3. The van der Waals surface area contributed by atoms with Gasteiger partial charge in [-0.2, -0.15) is 4.31 Å². The highest BCUT2D eigenvalue weighted by molar-refractivity contribution is 7.99. The number of carbonyl (C=O) groups is 1. The van der Waals surface area contributed by atoms with Crippen molar-refractivity contribution in [3.63, 3.8) is 0 Å². The summed E-state index contributed by atoms with van der Waals surface area (Å²) in [6, 6.07) is 16.4. The lowest BCUT2D eigenvalue weighted by molar-refractivity contribution is -0.115. The second kappa shape index (κ2) is 10.0. The van der Waals surface area contributed by atoms with Crippen LogP contribution in [0, 0.1) is 0 Å². The molecule has 0 spiro atoms. The topological polar surface area (TPSA) is 120 Å². The van der Waals surface area contributed by atoms with Crippen molar-refractivity contribution in [2.75, 3.05) is 32.1 Å². The third-order valence-electron chi connectivity index (χ3n) is 5.38. The van der Waals surface area contributed by atoms with Gasteiger partial charge in [0.05, 0.1) is 29.9 Å². The summed E-state index contributed by atoms with van der Waals surface area (Å²) in [5, 5.41) is 9.17. The Morgan fingerprint density at radius 2 is 1.85 bits per heavy atom. The van der Waals surface area contributed by atoms with E-state index in [1.807, 2.05) is 41.8 Å². The van der Waals surface area contributed by atoms with Crippen LogP contribution < -0.4 is 5.73 Å². The number of hydrogen-bond donors (Lipinski definition) is 1. The molecule has 174 valence electrons. The first-order valence-corrected chi connectivity index (χ1v) is 12.9. The molecule has 1 aromatic heterocycles. The number of benzene rings is 2. The van der Waals surface area contributed by atoms with E-state index < -0.39 is 15.9 Å². The third-order valence-corrected chi connectivity index (χ3v) is 8.24. The highest BCUT2D eigenvalue weighted by Gasteiger charge is 2.27. The molecule has 0 unspecified atom stereocenters. The van der Waals surface area contributed by atoms with Crippen molar-refractivity contribution in [3.8, 4) is 11.4 Å². The quantitative estimate of drug-likeness (QED) is 0.483. The molecule has 0 saturated carbocycles. The first-order valence-electron chi connectivity index (χ1n) is 10.5. The SMILES string of the molecule is C[C@@H](c1ccccc1)n1c(SCC(N)=O)nnc1-c1cccc(S(=O)(=O)N2CCOCC2)c1. The number of ether oxygens (including phenoxy) is 1. The van der Waals surface area contributed by atoms with Crippen molar-refractivity contribution in [3.05, 3.63) is 60.2 Å². The molecular weight excluding hydrogens is 462 g/mol. The number of primary amides is 1. The number of hydrogen-bond acceptors (Lipinski definition) is 7. The molecule has 1 saturated heterocycles. The minimum Gasteiger partial charge on any atom is -0.379 e. The summed E-state index contributed by atoms with van der Waals surface area (Å²) in [5.74, 6) is 0.116. The van der Waals surface area contributed by atoms with E-state index in [1.54, 1.807) is 24.3 Å². The number of amides is 1. The lowest BCUT2D eigenvalue weighted by Gasteiger charge is -2.26. The van der Waals surface area contributed by atoms with Crippen LogP contribution in [0.15, 0.2) is 64.6 Å². The standard InChI is InChI=1S/C22H25N5O4S2/c1-16(17-6-3-2-4-7-17)27-21(24-25-22(27)32-15-20(23)28)18-8-5-9-19(14-18)33(29,30)26-10-12-31-13-11-26/h2-9,14,16H,10-13,15H2,1H3,(H2,23,28)/t16-/m0/s1. The lowest BCUT2D eigenvalue weighted by Crippen LogP contribution is -2.40. The van der Waals surface area contributed by atoms with Crippen LogP contribution in [0.3, 0.4) is 0 Å². The number of nitrogens with two attached hydrogens (primary N) is 1. The van der Waals surface area contributed by atoms with Crippen LogP contribution in [0.4, 0.5) is 0 Å². The van der Waals surface area contributed by atoms with Crippen LogP contribution in [-0.4, -0.2) is 65.5 Å². The maximum atomic E-state index is 13.2. The molecule has 1 fully saturated rings. The highest BCUT2D eigenvalue weighted by Crippen LogP contribution is 2.32. The predicted molar refractivity (Wildman–Crippen MR) is 125 cm³/mol. The van der Waals surface area contributed by atoms with E-state index in [0.29, 0.717) is 42.8 Å². The molecule has 33 heavy (non-hydrogen) atoms. The van der Waals surface area contributed by atoms with Gasteiger partial charge in [-0.15, -0.1) is 10.2 Å². The lowest BCUT2D eigenvalue weighted by atomic mass is 10.1. The van der Waals surface area contributed by atoms with Gasteiger partial charge in [0.25, 0.3) is 0 Å². The molecule has 9 nitrogen and oxygen atoms in total. The Bertz CT molecular complexity index is 1220. The molecule has 2 heterocycles. The zero-order valence-electron chi connectivity index (χ0n) is 18.1. The molecule has 0 radical (unpaired) electrons. The molecular formula is C22H25N5O4S2. The van der Waals surface area contributed by atoms with Gasteiger partial charge in [-0.1, -0.05) is 54.2 Å². The Balaban J connectivity index is 1.76. The van der Waals surface area contributed by atoms with Crippen LogP contribution in [0.25, 0.3) is 11.4 Å². The first-order chi connectivity index (χ1) is 15.9. The van der Waals surface area contributed by atoms with E-state index in [2.05, 4.69) is 10.2 Å². The Morgan fingerprint density at radius 1 is 1.12 bits per heavy atom.